The Morgan fingerprint density at radius 2 is 2.41 bits per heavy atom. The van der Waals surface area contributed by atoms with Gasteiger partial charge in [-0.1, -0.05) is 6.92 Å². The van der Waals surface area contributed by atoms with Gasteiger partial charge in [-0.05, 0) is 38.4 Å². The molecule has 3 atom stereocenters. The molecule has 3 nitrogen and oxygen atoms in total. The molecule has 0 aromatic rings. The quantitative estimate of drug-likeness (QED) is 0.840. The van der Waals surface area contributed by atoms with Crippen LogP contribution in [0.4, 0.5) is 0 Å². The second kappa shape index (κ2) is 4.90. The van der Waals surface area contributed by atoms with Crippen molar-refractivity contribution in [2.24, 2.45) is 11.7 Å². The van der Waals surface area contributed by atoms with Crippen LogP contribution < -0.4 is 5.73 Å². The first-order chi connectivity index (χ1) is 7.99. The highest BCUT2D eigenvalue weighted by Gasteiger charge is 2.44. The lowest BCUT2D eigenvalue weighted by molar-refractivity contribution is -0.138. The van der Waals surface area contributed by atoms with E-state index in [1.807, 2.05) is 25.6 Å². The van der Waals surface area contributed by atoms with Crippen LogP contribution in [0, 0.1) is 5.92 Å². The van der Waals surface area contributed by atoms with Gasteiger partial charge in [-0.2, -0.15) is 11.8 Å². The number of carbonyl (C=O) groups excluding carboxylic acids is 1. The topological polar surface area (TPSA) is 52.3 Å². The minimum atomic E-state index is -0.658. The number of thioether (sulfide) groups is 1. The average molecular weight is 257 g/mol. The molecule has 0 aromatic heterocycles. The predicted octanol–water partition coefficient (Wildman–Crippen LogP) is 1.99. The third-order valence-corrected chi connectivity index (χ3v) is 5.45. The van der Waals surface area contributed by atoms with Gasteiger partial charge in [0, 0.05) is 18.3 Å². The molecule has 4 heteroatoms. The van der Waals surface area contributed by atoms with Crippen LogP contribution in [0.3, 0.4) is 0 Å². The van der Waals surface area contributed by atoms with Gasteiger partial charge in [-0.15, -0.1) is 0 Å². The van der Waals surface area contributed by atoms with E-state index in [1.54, 1.807) is 0 Å². The van der Waals surface area contributed by atoms with Crippen LogP contribution in [0.1, 0.15) is 39.5 Å². The summed E-state index contributed by atoms with van der Waals surface area (Å²) < 4.78 is 5.94. The van der Waals surface area contributed by atoms with Gasteiger partial charge in [0.15, 0.2) is 5.78 Å². The Kier molecular flexibility index (Phi) is 3.86. The van der Waals surface area contributed by atoms with Crippen molar-refractivity contribution >= 4 is 17.5 Å². The van der Waals surface area contributed by atoms with Gasteiger partial charge in [-0.3, -0.25) is 4.79 Å². The Labute approximate surface area is 108 Å². The molecule has 0 radical (unpaired) electrons. The van der Waals surface area contributed by atoms with Gasteiger partial charge in [0.05, 0.1) is 11.1 Å². The summed E-state index contributed by atoms with van der Waals surface area (Å²) >= 11 is 1.94. The lowest BCUT2D eigenvalue weighted by Crippen LogP contribution is -2.51. The fraction of sp³-hybridized carbons (Fsp3) is 0.923. The van der Waals surface area contributed by atoms with Gasteiger partial charge in [0.1, 0.15) is 0 Å². The fourth-order valence-electron chi connectivity index (χ4n) is 2.76. The monoisotopic (exact) mass is 257 g/mol. The van der Waals surface area contributed by atoms with E-state index in [-0.39, 0.29) is 17.3 Å². The van der Waals surface area contributed by atoms with Crippen LogP contribution in [0.25, 0.3) is 0 Å². The fourth-order valence-corrected chi connectivity index (χ4v) is 4.13. The highest BCUT2D eigenvalue weighted by atomic mass is 32.2. The van der Waals surface area contributed by atoms with Gasteiger partial charge < -0.3 is 10.5 Å². The van der Waals surface area contributed by atoms with Crippen molar-refractivity contribution in [1.29, 1.82) is 0 Å². The molecule has 1 spiro atoms. The van der Waals surface area contributed by atoms with Crippen molar-refractivity contribution in [2.45, 2.75) is 50.7 Å². The molecule has 2 heterocycles. The molecule has 2 N–H and O–H groups in total. The molecule has 2 saturated heterocycles. The predicted molar refractivity (Wildman–Crippen MR) is 71.2 cm³/mol. The molecule has 0 saturated carbocycles. The SMILES string of the molecule is CCC(C)(N)C(=O)C1CCOC2(CCSC2)C1. The minimum absolute atomic E-state index is 0.0208. The van der Waals surface area contributed by atoms with E-state index in [0.29, 0.717) is 6.42 Å². The molecular formula is C13H23NO2S. The number of ketones is 1. The van der Waals surface area contributed by atoms with Crippen LogP contribution in [0.5, 0.6) is 0 Å². The van der Waals surface area contributed by atoms with Gasteiger partial charge in [-0.25, -0.2) is 0 Å². The molecule has 98 valence electrons. The average Bonchev–Trinajstić information content (AvgIpc) is 2.76. The van der Waals surface area contributed by atoms with E-state index in [2.05, 4.69) is 0 Å². The molecule has 2 rings (SSSR count). The molecule has 3 unspecified atom stereocenters. The van der Waals surface area contributed by atoms with Crippen molar-refractivity contribution in [3.05, 3.63) is 0 Å². The summed E-state index contributed by atoms with van der Waals surface area (Å²) in [5.41, 5.74) is 5.40. The third kappa shape index (κ3) is 2.69. The summed E-state index contributed by atoms with van der Waals surface area (Å²) in [6.07, 6.45) is 3.53. The van der Waals surface area contributed by atoms with Gasteiger partial charge >= 0.3 is 0 Å². The first-order valence-electron chi connectivity index (χ1n) is 6.54. The summed E-state index contributed by atoms with van der Waals surface area (Å²) in [5.74, 6) is 2.55. The van der Waals surface area contributed by atoms with Gasteiger partial charge in [0.2, 0.25) is 0 Å². The standard InChI is InChI=1S/C13H23NO2S/c1-3-12(2,14)11(15)10-4-6-16-13(8-10)5-7-17-9-13/h10H,3-9,14H2,1-2H3. The number of hydrogen-bond donors (Lipinski definition) is 1. The normalized spacial score (nSPS) is 37.0. The van der Waals surface area contributed by atoms with E-state index >= 15 is 0 Å². The minimum Gasteiger partial charge on any atom is -0.374 e. The van der Waals surface area contributed by atoms with Crippen molar-refractivity contribution in [3.63, 3.8) is 0 Å². The number of Topliss-reactive ketones (excluding diaryl/α,β-unsaturated/α-hetero) is 1. The summed E-state index contributed by atoms with van der Waals surface area (Å²) in [4.78, 5) is 12.4. The van der Waals surface area contributed by atoms with E-state index in [4.69, 9.17) is 10.5 Å². The largest absolute Gasteiger partial charge is 0.374 e. The highest BCUT2D eigenvalue weighted by Crippen LogP contribution is 2.41. The van der Waals surface area contributed by atoms with E-state index in [9.17, 15) is 4.79 Å². The Bertz CT molecular complexity index is 298. The molecule has 0 aliphatic carbocycles. The van der Waals surface area contributed by atoms with Crippen LogP contribution in [-0.4, -0.2) is 35.0 Å². The number of ether oxygens (including phenoxy) is 1. The lowest BCUT2D eigenvalue weighted by Gasteiger charge is -2.39. The summed E-state index contributed by atoms with van der Waals surface area (Å²) in [7, 11) is 0. The maximum Gasteiger partial charge on any atom is 0.155 e. The molecule has 17 heavy (non-hydrogen) atoms. The zero-order chi connectivity index (χ0) is 12.5. The smallest absolute Gasteiger partial charge is 0.155 e. The molecular weight excluding hydrogens is 234 g/mol. The molecule has 2 aliphatic rings. The maximum absolute atomic E-state index is 12.4. The van der Waals surface area contributed by atoms with Crippen molar-refractivity contribution in [1.82, 2.24) is 0 Å². The second-order valence-electron chi connectivity index (χ2n) is 5.66. The zero-order valence-corrected chi connectivity index (χ0v) is 11.6. The van der Waals surface area contributed by atoms with E-state index in [0.717, 1.165) is 37.4 Å². The maximum atomic E-state index is 12.4. The van der Waals surface area contributed by atoms with Gasteiger partial charge in [0.25, 0.3) is 0 Å². The first kappa shape index (κ1) is 13.4. The van der Waals surface area contributed by atoms with E-state index < -0.39 is 5.54 Å². The number of rotatable bonds is 3. The zero-order valence-electron chi connectivity index (χ0n) is 10.8. The Hall–Kier alpha value is -0.0600. The lowest BCUT2D eigenvalue weighted by atomic mass is 9.77. The molecule has 0 aromatic carbocycles. The van der Waals surface area contributed by atoms with Crippen molar-refractivity contribution in [3.8, 4) is 0 Å². The van der Waals surface area contributed by atoms with Crippen LogP contribution in [0.2, 0.25) is 0 Å². The summed E-state index contributed by atoms with van der Waals surface area (Å²) in [6, 6.07) is 0. The molecule has 2 fully saturated rings. The number of hydrogen-bond acceptors (Lipinski definition) is 4. The Morgan fingerprint density at radius 1 is 1.65 bits per heavy atom. The van der Waals surface area contributed by atoms with Crippen molar-refractivity contribution < 1.29 is 9.53 Å². The van der Waals surface area contributed by atoms with Crippen molar-refractivity contribution in [2.75, 3.05) is 18.1 Å². The summed E-state index contributed by atoms with van der Waals surface area (Å²) in [5, 5.41) is 0. The number of carbonyl (C=O) groups is 1. The molecule has 0 amide bonds. The second-order valence-corrected chi connectivity index (χ2v) is 6.76. The van der Waals surface area contributed by atoms with Crippen LogP contribution >= 0.6 is 11.8 Å². The first-order valence-corrected chi connectivity index (χ1v) is 7.69. The summed E-state index contributed by atoms with van der Waals surface area (Å²) in [6.45, 7) is 4.57. The van der Waals surface area contributed by atoms with Crippen LogP contribution in [-0.2, 0) is 9.53 Å². The van der Waals surface area contributed by atoms with Crippen LogP contribution in [0.15, 0.2) is 0 Å². The highest BCUT2D eigenvalue weighted by molar-refractivity contribution is 7.99. The Morgan fingerprint density at radius 3 is 3.00 bits per heavy atom. The Balaban J connectivity index is 2.04. The molecule has 2 aliphatic heterocycles. The molecule has 0 bridgehead atoms. The van der Waals surface area contributed by atoms with E-state index in [1.165, 1.54) is 0 Å². The number of nitrogens with two attached hydrogens (primary N) is 1. The third-order valence-electron chi connectivity index (χ3n) is 4.23.